The van der Waals surface area contributed by atoms with E-state index in [1.165, 1.54) is 10.5 Å². The Kier molecular flexibility index (Phi) is 6.90. The van der Waals surface area contributed by atoms with Gasteiger partial charge in [0, 0.05) is 33.1 Å². The number of fused-ring (bicyclic) bond motifs is 1. The van der Waals surface area contributed by atoms with Gasteiger partial charge in [-0.2, -0.15) is 9.78 Å². The molecule has 0 spiro atoms. The predicted octanol–water partition coefficient (Wildman–Crippen LogP) is 7.64. The summed E-state index contributed by atoms with van der Waals surface area (Å²) in [5.41, 5.74) is 4.51. The first-order chi connectivity index (χ1) is 15.4. The Hall–Kier alpha value is -2.33. The summed E-state index contributed by atoms with van der Waals surface area (Å²) in [6.45, 7) is 11.0. The SMILES string of the molecule is CC(C)[C@H]1CC[C@@H](C)c2c1nn(C(=O)[C@H](C)[C@H](C)Sc1ccccc1)c2-c1ccccc1. The summed E-state index contributed by atoms with van der Waals surface area (Å²) in [6.07, 6.45) is 2.28. The predicted molar refractivity (Wildman–Crippen MR) is 134 cm³/mol. The van der Waals surface area contributed by atoms with Crippen molar-refractivity contribution in [3.05, 3.63) is 71.9 Å². The van der Waals surface area contributed by atoms with Crippen LogP contribution in [0.3, 0.4) is 0 Å². The van der Waals surface area contributed by atoms with E-state index in [9.17, 15) is 4.79 Å². The highest BCUT2D eigenvalue weighted by atomic mass is 32.2. The molecule has 3 nitrogen and oxygen atoms in total. The Bertz CT molecular complexity index is 1060. The van der Waals surface area contributed by atoms with Crippen LogP contribution in [-0.2, 0) is 0 Å². The molecular weight excluding hydrogens is 412 g/mol. The monoisotopic (exact) mass is 446 g/mol. The van der Waals surface area contributed by atoms with Gasteiger partial charge in [0.05, 0.1) is 11.4 Å². The fourth-order valence-electron chi connectivity index (χ4n) is 4.81. The number of rotatable bonds is 6. The molecule has 3 aromatic rings. The van der Waals surface area contributed by atoms with Gasteiger partial charge in [0.1, 0.15) is 0 Å². The number of benzene rings is 2. The van der Waals surface area contributed by atoms with Crippen molar-refractivity contribution in [1.82, 2.24) is 9.78 Å². The second kappa shape index (κ2) is 9.66. The van der Waals surface area contributed by atoms with Crippen molar-refractivity contribution in [2.24, 2.45) is 11.8 Å². The number of thioether (sulfide) groups is 1. The van der Waals surface area contributed by atoms with Crippen molar-refractivity contribution in [2.45, 2.75) is 69.4 Å². The Labute approximate surface area is 196 Å². The molecule has 4 rings (SSSR count). The molecule has 0 amide bonds. The number of hydrogen-bond donors (Lipinski definition) is 0. The molecule has 1 heterocycles. The quantitative estimate of drug-likeness (QED) is 0.365. The molecule has 0 bridgehead atoms. The summed E-state index contributed by atoms with van der Waals surface area (Å²) in [6, 6.07) is 20.7. The first kappa shape index (κ1) is 22.8. The summed E-state index contributed by atoms with van der Waals surface area (Å²) in [5, 5.41) is 5.19. The lowest BCUT2D eigenvalue weighted by atomic mass is 9.75. The average molecular weight is 447 g/mol. The smallest absolute Gasteiger partial charge is 0.251 e. The number of hydrogen-bond acceptors (Lipinski definition) is 3. The fourth-order valence-corrected chi connectivity index (χ4v) is 5.87. The van der Waals surface area contributed by atoms with Crippen molar-refractivity contribution >= 4 is 17.7 Å². The van der Waals surface area contributed by atoms with Gasteiger partial charge in [0.2, 0.25) is 0 Å². The van der Waals surface area contributed by atoms with Crippen molar-refractivity contribution in [3.8, 4) is 11.3 Å². The van der Waals surface area contributed by atoms with E-state index in [1.807, 2.05) is 43.3 Å². The average Bonchev–Trinajstić information content (AvgIpc) is 3.20. The van der Waals surface area contributed by atoms with E-state index >= 15 is 0 Å². The zero-order chi connectivity index (χ0) is 22.8. The molecule has 0 saturated heterocycles. The van der Waals surface area contributed by atoms with Gasteiger partial charge in [-0.1, -0.05) is 83.1 Å². The van der Waals surface area contributed by atoms with Crippen LogP contribution >= 0.6 is 11.8 Å². The van der Waals surface area contributed by atoms with Crippen LogP contribution in [0, 0.1) is 11.8 Å². The number of carbonyl (C=O) groups excluding carboxylic acids is 1. The third-order valence-electron chi connectivity index (χ3n) is 6.92. The lowest BCUT2D eigenvalue weighted by Gasteiger charge is -2.28. The van der Waals surface area contributed by atoms with Crippen LogP contribution in [0.2, 0.25) is 0 Å². The highest BCUT2D eigenvalue weighted by Crippen LogP contribution is 2.46. The highest BCUT2D eigenvalue weighted by molar-refractivity contribution is 8.00. The van der Waals surface area contributed by atoms with Gasteiger partial charge in [-0.25, -0.2) is 0 Å². The highest BCUT2D eigenvalue weighted by Gasteiger charge is 2.36. The van der Waals surface area contributed by atoms with Crippen LogP contribution in [0.4, 0.5) is 0 Å². The summed E-state index contributed by atoms with van der Waals surface area (Å²) < 4.78 is 1.75. The van der Waals surface area contributed by atoms with Gasteiger partial charge in [-0.3, -0.25) is 4.79 Å². The zero-order valence-electron chi connectivity index (χ0n) is 19.8. The van der Waals surface area contributed by atoms with E-state index in [0.717, 1.165) is 29.8 Å². The second-order valence-electron chi connectivity index (χ2n) is 9.52. The Morgan fingerprint density at radius 3 is 2.22 bits per heavy atom. The van der Waals surface area contributed by atoms with Gasteiger partial charge < -0.3 is 0 Å². The molecule has 4 atom stereocenters. The van der Waals surface area contributed by atoms with Crippen LogP contribution in [0.15, 0.2) is 65.6 Å². The zero-order valence-corrected chi connectivity index (χ0v) is 20.6. The number of carbonyl (C=O) groups is 1. The van der Waals surface area contributed by atoms with Gasteiger partial charge in [-0.05, 0) is 36.8 Å². The normalized spacial score (nSPS) is 20.1. The molecule has 0 aliphatic heterocycles. The van der Waals surface area contributed by atoms with Gasteiger partial charge in [0.25, 0.3) is 5.91 Å². The minimum Gasteiger partial charge on any atom is -0.272 e. The molecule has 0 fully saturated rings. The van der Waals surface area contributed by atoms with Crippen molar-refractivity contribution in [3.63, 3.8) is 0 Å². The molecule has 0 radical (unpaired) electrons. The first-order valence-corrected chi connectivity index (χ1v) is 12.7. The fraction of sp³-hybridized carbons (Fsp3) is 0.429. The van der Waals surface area contributed by atoms with Gasteiger partial charge in [-0.15, -0.1) is 11.8 Å². The lowest BCUT2D eigenvalue weighted by molar-refractivity contribution is 0.0830. The first-order valence-electron chi connectivity index (χ1n) is 11.8. The molecule has 0 saturated carbocycles. The molecule has 0 N–H and O–H groups in total. The van der Waals surface area contributed by atoms with Crippen molar-refractivity contribution in [1.29, 1.82) is 0 Å². The summed E-state index contributed by atoms with van der Waals surface area (Å²) in [4.78, 5) is 15.0. The molecule has 4 heteroatoms. The third kappa shape index (κ3) is 4.43. The third-order valence-corrected chi connectivity index (χ3v) is 8.25. The van der Waals surface area contributed by atoms with E-state index in [0.29, 0.717) is 17.8 Å². The van der Waals surface area contributed by atoms with E-state index < -0.39 is 0 Å². The maximum absolute atomic E-state index is 13.9. The van der Waals surface area contributed by atoms with E-state index in [1.54, 1.807) is 16.4 Å². The molecular formula is C28H34N2OS. The van der Waals surface area contributed by atoms with Crippen LogP contribution in [0.25, 0.3) is 11.3 Å². The molecule has 1 aliphatic carbocycles. The Morgan fingerprint density at radius 1 is 0.969 bits per heavy atom. The Balaban J connectivity index is 1.76. The second-order valence-corrected chi connectivity index (χ2v) is 11.0. The van der Waals surface area contributed by atoms with Crippen molar-refractivity contribution < 1.29 is 4.79 Å². The topological polar surface area (TPSA) is 34.9 Å². The maximum Gasteiger partial charge on any atom is 0.251 e. The Morgan fingerprint density at radius 2 is 1.59 bits per heavy atom. The molecule has 1 aliphatic rings. The lowest BCUT2D eigenvalue weighted by Crippen LogP contribution is -2.28. The van der Waals surface area contributed by atoms with Gasteiger partial charge in [0.15, 0.2) is 0 Å². The number of nitrogens with zero attached hydrogens (tertiary/aromatic N) is 2. The largest absolute Gasteiger partial charge is 0.272 e. The summed E-state index contributed by atoms with van der Waals surface area (Å²) >= 11 is 1.76. The van der Waals surface area contributed by atoms with Crippen LogP contribution < -0.4 is 0 Å². The standard InChI is InChI=1S/C28H34N2OS/c1-18(2)24-17-16-19(3)25-26(24)29-30(27(25)22-12-8-6-9-13-22)28(31)20(4)21(5)32-23-14-10-7-11-15-23/h6-15,18-21,24H,16-17H2,1-5H3/t19-,20-,21+,24-/m1/s1. The van der Waals surface area contributed by atoms with E-state index in [-0.39, 0.29) is 17.1 Å². The van der Waals surface area contributed by atoms with Crippen LogP contribution in [0.1, 0.15) is 75.3 Å². The molecule has 32 heavy (non-hydrogen) atoms. The van der Waals surface area contributed by atoms with Crippen molar-refractivity contribution in [2.75, 3.05) is 0 Å². The number of aromatic nitrogens is 2. The molecule has 1 aromatic heterocycles. The minimum atomic E-state index is -0.156. The molecule has 0 unspecified atom stereocenters. The van der Waals surface area contributed by atoms with Crippen LogP contribution in [-0.4, -0.2) is 20.9 Å². The van der Waals surface area contributed by atoms with Crippen LogP contribution in [0.5, 0.6) is 0 Å². The van der Waals surface area contributed by atoms with Gasteiger partial charge >= 0.3 is 0 Å². The maximum atomic E-state index is 13.9. The minimum absolute atomic E-state index is 0.0869. The summed E-state index contributed by atoms with van der Waals surface area (Å²) in [5.74, 6) is 1.25. The molecule has 2 aromatic carbocycles. The molecule has 168 valence electrons. The van der Waals surface area contributed by atoms with E-state index in [4.69, 9.17) is 5.10 Å². The van der Waals surface area contributed by atoms with E-state index in [2.05, 4.69) is 52.0 Å². The summed E-state index contributed by atoms with van der Waals surface area (Å²) in [7, 11) is 0.